The first-order valence-electron chi connectivity index (χ1n) is 9.15. The number of nitrogens with one attached hydrogen (secondary N) is 1. The molecule has 2 amide bonds. The minimum atomic E-state index is -0.105. The monoisotopic (exact) mass is 353 g/mol. The van der Waals surface area contributed by atoms with Crippen molar-refractivity contribution in [3.8, 4) is 0 Å². The molecule has 2 aromatic heterocycles. The van der Waals surface area contributed by atoms with Crippen LogP contribution in [0.15, 0.2) is 30.7 Å². The van der Waals surface area contributed by atoms with Gasteiger partial charge in [-0.15, -0.1) is 0 Å². The molecule has 1 N–H and O–H groups in total. The maximum Gasteiger partial charge on any atom is 0.257 e. The number of hydrogen-bond donors (Lipinski definition) is 1. The molecule has 1 aliphatic heterocycles. The van der Waals surface area contributed by atoms with Gasteiger partial charge in [-0.3, -0.25) is 19.3 Å². The Morgan fingerprint density at radius 3 is 2.62 bits per heavy atom. The van der Waals surface area contributed by atoms with Crippen molar-refractivity contribution in [1.29, 1.82) is 0 Å². The molecule has 0 aromatic carbocycles. The molecule has 136 valence electrons. The van der Waals surface area contributed by atoms with Gasteiger partial charge < -0.3 is 10.2 Å². The van der Waals surface area contributed by atoms with Crippen molar-refractivity contribution in [3.05, 3.63) is 47.5 Å². The number of hydrogen-bond acceptors (Lipinski definition) is 4. The zero-order valence-corrected chi connectivity index (χ0v) is 14.9. The van der Waals surface area contributed by atoms with Gasteiger partial charge in [0, 0.05) is 50.7 Å². The SMILES string of the molecule is Cn1cc(C(=O)N2CCC(NC(=O)c3cccnc3)CC2)c(C2CC2)n1. The Kier molecular flexibility index (Phi) is 4.44. The van der Waals surface area contributed by atoms with Crippen LogP contribution in [-0.2, 0) is 7.05 Å². The largest absolute Gasteiger partial charge is 0.349 e. The first-order valence-corrected chi connectivity index (χ1v) is 9.15. The lowest BCUT2D eigenvalue weighted by Gasteiger charge is -2.32. The number of likely N-dealkylation sites (tertiary alicyclic amines) is 1. The maximum absolute atomic E-state index is 12.9. The Morgan fingerprint density at radius 2 is 1.96 bits per heavy atom. The van der Waals surface area contributed by atoms with Gasteiger partial charge in [0.25, 0.3) is 11.8 Å². The van der Waals surface area contributed by atoms with Crippen LogP contribution in [0.25, 0.3) is 0 Å². The Bertz CT molecular complexity index is 805. The van der Waals surface area contributed by atoms with Crippen molar-refractivity contribution >= 4 is 11.8 Å². The number of nitrogens with zero attached hydrogens (tertiary/aromatic N) is 4. The summed E-state index contributed by atoms with van der Waals surface area (Å²) in [5, 5.41) is 7.53. The molecule has 2 aromatic rings. The molecule has 1 aliphatic carbocycles. The maximum atomic E-state index is 12.9. The average Bonchev–Trinajstić information content (AvgIpc) is 3.44. The number of amides is 2. The quantitative estimate of drug-likeness (QED) is 0.908. The van der Waals surface area contributed by atoms with E-state index in [9.17, 15) is 9.59 Å². The van der Waals surface area contributed by atoms with Crippen molar-refractivity contribution in [2.24, 2.45) is 7.05 Å². The Hall–Kier alpha value is -2.70. The van der Waals surface area contributed by atoms with E-state index >= 15 is 0 Å². The van der Waals surface area contributed by atoms with Crippen molar-refractivity contribution in [3.63, 3.8) is 0 Å². The Balaban J connectivity index is 1.35. The van der Waals surface area contributed by atoms with Crippen LogP contribution in [-0.4, -0.2) is 50.6 Å². The third-order valence-corrected chi connectivity index (χ3v) is 5.09. The predicted octanol–water partition coefficient (Wildman–Crippen LogP) is 1.73. The molecule has 1 saturated heterocycles. The number of rotatable bonds is 4. The van der Waals surface area contributed by atoms with E-state index in [1.54, 1.807) is 29.2 Å². The first kappa shape index (κ1) is 16.8. The topological polar surface area (TPSA) is 80.1 Å². The fourth-order valence-corrected chi connectivity index (χ4v) is 3.49. The van der Waals surface area contributed by atoms with Crippen LogP contribution in [0.4, 0.5) is 0 Å². The van der Waals surface area contributed by atoms with Gasteiger partial charge in [0.15, 0.2) is 0 Å². The molecule has 7 nitrogen and oxygen atoms in total. The molecule has 0 spiro atoms. The van der Waals surface area contributed by atoms with Crippen LogP contribution < -0.4 is 5.32 Å². The second-order valence-corrected chi connectivity index (χ2v) is 7.16. The molecule has 2 aliphatic rings. The summed E-state index contributed by atoms with van der Waals surface area (Å²) in [6.45, 7) is 1.30. The van der Waals surface area contributed by atoms with Gasteiger partial charge in [0.05, 0.1) is 16.8 Å². The number of aromatic nitrogens is 3. The summed E-state index contributed by atoms with van der Waals surface area (Å²) in [5.74, 6) is 0.412. The van der Waals surface area contributed by atoms with Crippen LogP contribution in [0.1, 0.15) is 58.0 Å². The molecule has 0 unspecified atom stereocenters. The van der Waals surface area contributed by atoms with E-state index in [1.165, 1.54) is 0 Å². The Labute approximate surface area is 152 Å². The summed E-state index contributed by atoms with van der Waals surface area (Å²) in [4.78, 5) is 31.0. The summed E-state index contributed by atoms with van der Waals surface area (Å²) < 4.78 is 1.74. The second kappa shape index (κ2) is 6.90. The fourth-order valence-electron chi connectivity index (χ4n) is 3.49. The van der Waals surface area contributed by atoms with Crippen molar-refractivity contribution in [2.75, 3.05) is 13.1 Å². The molecular formula is C19H23N5O2. The number of pyridine rings is 1. The first-order chi connectivity index (χ1) is 12.6. The fraction of sp³-hybridized carbons (Fsp3) is 0.474. The molecular weight excluding hydrogens is 330 g/mol. The zero-order chi connectivity index (χ0) is 18.1. The van der Waals surface area contributed by atoms with Crippen LogP contribution in [0, 0.1) is 0 Å². The molecule has 4 rings (SSSR count). The molecule has 0 radical (unpaired) electrons. The van der Waals surface area contributed by atoms with Crippen LogP contribution in [0.2, 0.25) is 0 Å². The van der Waals surface area contributed by atoms with Crippen LogP contribution in [0.5, 0.6) is 0 Å². The average molecular weight is 353 g/mol. The summed E-state index contributed by atoms with van der Waals surface area (Å²) in [5.41, 5.74) is 2.26. The zero-order valence-electron chi connectivity index (χ0n) is 14.9. The van der Waals surface area contributed by atoms with Gasteiger partial charge in [-0.2, -0.15) is 5.10 Å². The number of carbonyl (C=O) groups is 2. The van der Waals surface area contributed by atoms with Crippen molar-refractivity contribution < 1.29 is 9.59 Å². The third kappa shape index (κ3) is 3.47. The smallest absolute Gasteiger partial charge is 0.257 e. The molecule has 2 fully saturated rings. The third-order valence-electron chi connectivity index (χ3n) is 5.09. The molecule has 3 heterocycles. The molecule has 1 saturated carbocycles. The summed E-state index contributed by atoms with van der Waals surface area (Å²) in [6.07, 6.45) is 8.82. The number of aryl methyl sites for hydroxylation is 1. The second-order valence-electron chi connectivity index (χ2n) is 7.16. The lowest BCUT2D eigenvalue weighted by Crippen LogP contribution is -2.46. The summed E-state index contributed by atoms with van der Waals surface area (Å²) >= 11 is 0. The molecule has 7 heteroatoms. The van der Waals surface area contributed by atoms with E-state index in [0.29, 0.717) is 24.6 Å². The van der Waals surface area contributed by atoms with Gasteiger partial charge in [-0.05, 0) is 37.8 Å². The van der Waals surface area contributed by atoms with E-state index in [0.717, 1.165) is 36.9 Å². The predicted molar refractivity (Wildman–Crippen MR) is 95.8 cm³/mol. The van der Waals surface area contributed by atoms with Crippen molar-refractivity contribution in [2.45, 2.75) is 37.6 Å². The normalized spacial score (nSPS) is 18.0. The lowest BCUT2D eigenvalue weighted by atomic mass is 10.0. The summed E-state index contributed by atoms with van der Waals surface area (Å²) in [7, 11) is 1.86. The van der Waals surface area contributed by atoms with Crippen LogP contribution >= 0.6 is 0 Å². The van der Waals surface area contributed by atoms with Gasteiger partial charge in [-0.25, -0.2) is 0 Å². The highest BCUT2D eigenvalue weighted by Crippen LogP contribution is 2.41. The Morgan fingerprint density at radius 1 is 1.19 bits per heavy atom. The highest BCUT2D eigenvalue weighted by atomic mass is 16.2. The number of carbonyl (C=O) groups excluding carboxylic acids is 2. The standard InChI is InChI=1S/C19H23N5O2/c1-23-12-16(17(22-23)13-4-5-13)19(26)24-9-6-15(7-10-24)21-18(25)14-3-2-8-20-11-14/h2-3,8,11-13,15H,4-7,9-10H2,1H3,(H,21,25). The number of piperidine rings is 1. The van der Waals surface area contributed by atoms with E-state index in [-0.39, 0.29) is 17.9 Å². The lowest BCUT2D eigenvalue weighted by molar-refractivity contribution is 0.0697. The van der Waals surface area contributed by atoms with E-state index in [2.05, 4.69) is 15.4 Å². The minimum Gasteiger partial charge on any atom is -0.349 e. The van der Waals surface area contributed by atoms with Gasteiger partial charge in [0.2, 0.25) is 0 Å². The van der Waals surface area contributed by atoms with Gasteiger partial charge in [0.1, 0.15) is 0 Å². The summed E-state index contributed by atoms with van der Waals surface area (Å²) in [6, 6.07) is 3.59. The van der Waals surface area contributed by atoms with E-state index < -0.39 is 0 Å². The van der Waals surface area contributed by atoms with E-state index in [4.69, 9.17) is 0 Å². The molecule has 26 heavy (non-hydrogen) atoms. The molecule has 0 atom stereocenters. The molecule has 0 bridgehead atoms. The highest BCUT2D eigenvalue weighted by Gasteiger charge is 2.33. The van der Waals surface area contributed by atoms with Crippen molar-refractivity contribution in [1.82, 2.24) is 25.0 Å². The highest BCUT2D eigenvalue weighted by molar-refractivity contribution is 5.96. The van der Waals surface area contributed by atoms with Crippen LogP contribution in [0.3, 0.4) is 0 Å². The van der Waals surface area contributed by atoms with E-state index in [1.807, 2.05) is 18.1 Å². The minimum absolute atomic E-state index is 0.0667. The van der Waals surface area contributed by atoms with Gasteiger partial charge in [-0.1, -0.05) is 0 Å². The van der Waals surface area contributed by atoms with Gasteiger partial charge >= 0.3 is 0 Å².